The molecule has 21 heavy (non-hydrogen) atoms. The Bertz CT molecular complexity index is 818. The number of hydrogen-bond acceptors (Lipinski definition) is 1. The molecule has 0 spiro atoms. The predicted molar refractivity (Wildman–Crippen MR) is 87.5 cm³/mol. The molecule has 1 heterocycles. The Labute approximate surface area is 132 Å². The molecule has 2 aromatic carbocycles. The van der Waals surface area contributed by atoms with Crippen molar-refractivity contribution < 1.29 is 0 Å². The van der Waals surface area contributed by atoms with Crippen LogP contribution >= 0.6 is 0 Å². The Hall–Kier alpha value is -1.96. The normalized spacial score (nSPS) is 10.6. The Morgan fingerprint density at radius 3 is 2.24 bits per heavy atom. The van der Waals surface area contributed by atoms with Crippen LogP contribution in [0.2, 0.25) is 0 Å². The minimum absolute atomic E-state index is 0.873. The first-order valence-electron chi connectivity index (χ1n) is 6.88. The maximum atomic E-state index is 4.57. The van der Waals surface area contributed by atoms with Gasteiger partial charge in [-0.1, -0.05) is 0 Å². The van der Waals surface area contributed by atoms with E-state index < -0.39 is 0 Å². The second-order valence-electron chi connectivity index (χ2n) is 5.10. The van der Waals surface area contributed by atoms with E-state index >= 15 is 0 Å². The van der Waals surface area contributed by atoms with E-state index in [4.69, 9.17) is 0 Å². The number of benzene rings is 2. The summed E-state index contributed by atoms with van der Waals surface area (Å²) in [6.45, 7) is 4.12. The third kappa shape index (κ3) is 2.89. The van der Waals surface area contributed by atoms with Crippen LogP contribution in [0.5, 0.6) is 0 Å². The van der Waals surface area contributed by atoms with Crippen LogP contribution in [0.25, 0.3) is 16.9 Å². The van der Waals surface area contributed by atoms with Gasteiger partial charge in [-0.2, -0.15) is 0 Å². The summed E-state index contributed by atoms with van der Waals surface area (Å²) in [4.78, 5) is 4.57. The van der Waals surface area contributed by atoms with Crippen molar-refractivity contribution >= 4 is 15.6 Å². The number of aryl methyl sites for hydroxylation is 2. The monoisotopic (exact) mass is 340 g/mol. The third-order valence-electron chi connectivity index (χ3n) is 3.41. The fourth-order valence-electron chi connectivity index (χ4n) is 2.36. The molecular formula is C18H16N2Se. The summed E-state index contributed by atoms with van der Waals surface area (Å²) < 4.78 is 3.03. The second-order valence-corrected chi connectivity index (χ2v) is 5.87. The molecule has 0 aliphatic carbocycles. The van der Waals surface area contributed by atoms with Gasteiger partial charge in [0.2, 0.25) is 0 Å². The number of rotatable bonds is 2. The second kappa shape index (κ2) is 5.80. The first-order chi connectivity index (χ1) is 10.1. The summed E-state index contributed by atoms with van der Waals surface area (Å²) in [7, 11) is 0. The number of hydrogen-bond donors (Lipinski definition) is 0. The van der Waals surface area contributed by atoms with Crippen molar-refractivity contribution in [3.05, 3.63) is 76.2 Å². The molecule has 3 rings (SSSR count). The van der Waals surface area contributed by atoms with Gasteiger partial charge in [0.15, 0.2) is 0 Å². The average Bonchev–Trinajstić information content (AvgIpc) is 2.49. The van der Waals surface area contributed by atoms with E-state index in [-0.39, 0.29) is 0 Å². The topological polar surface area (TPSA) is 17.8 Å². The van der Waals surface area contributed by atoms with Crippen molar-refractivity contribution in [2.24, 2.45) is 0 Å². The van der Waals surface area contributed by atoms with Gasteiger partial charge in [-0.15, -0.1) is 0 Å². The van der Waals surface area contributed by atoms with Crippen LogP contribution in [0.1, 0.15) is 11.3 Å². The zero-order valence-corrected chi connectivity index (χ0v) is 13.8. The molecule has 0 aliphatic rings. The quantitative estimate of drug-likeness (QED) is 0.649. The van der Waals surface area contributed by atoms with E-state index in [0.29, 0.717) is 0 Å². The fourth-order valence-corrected chi connectivity index (χ4v) is 3.09. The Kier molecular flexibility index (Phi) is 3.87. The van der Waals surface area contributed by atoms with Crippen molar-refractivity contribution in [2.45, 2.75) is 13.8 Å². The summed E-state index contributed by atoms with van der Waals surface area (Å²) in [6.07, 6.45) is 0. The summed E-state index contributed by atoms with van der Waals surface area (Å²) in [6, 6.07) is 21.0. The molecule has 0 amide bonds. The first-order valence-corrected chi connectivity index (χ1v) is 7.74. The standard InChI is InChI=1S/C18H16N2Se/c1-13-8-10-16(11-9-13)20-17(12-14(2)19-18(20)21)15-6-4-3-5-7-15/h3-12H,1-2H3. The Balaban J connectivity index is 2.29. The molecule has 0 radical (unpaired) electrons. The van der Waals surface area contributed by atoms with E-state index in [2.05, 4.69) is 86.6 Å². The summed E-state index contributed by atoms with van der Waals surface area (Å²) >= 11 is 3.09. The predicted octanol–water partition coefficient (Wildman–Crippen LogP) is 3.86. The molecule has 0 unspecified atom stereocenters. The van der Waals surface area contributed by atoms with E-state index in [9.17, 15) is 0 Å². The van der Waals surface area contributed by atoms with Crippen molar-refractivity contribution in [3.8, 4) is 16.9 Å². The zero-order valence-electron chi connectivity index (χ0n) is 12.1. The van der Waals surface area contributed by atoms with Crippen LogP contribution in [-0.2, 0) is 0 Å². The van der Waals surface area contributed by atoms with Gasteiger partial charge in [0.1, 0.15) is 0 Å². The molecule has 0 bridgehead atoms. The van der Waals surface area contributed by atoms with Crippen molar-refractivity contribution in [1.29, 1.82) is 0 Å². The molecular weight excluding hydrogens is 323 g/mol. The molecule has 104 valence electrons. The van der Waals surface area contributed by atoms with Crippen molar-refractivity contribution in [3.63, 3.8) is 0 Å². The van der Waals surface area contributed by atoms with Gasteiger partial charge in [-0.25, -0.2) is 0 Å². The van der Waals surface area contributed by atoms with E-state index in [1.54, 1.807) is 0 Å². The fraction of sp³-hybridized carbons (Fsp3) is 0.111. The van der Waals surface area contributed by atoms with E-state index in [1.165, 1.54) is 11.1 Å². The third-order valence-corrected chi connectivity index (χ3v) is 3.99. The average molecular weight is 339 g/mol. The summed E-state index contributed by atoms with van der Waals surface area (Å²) in [5.74, 6) is 0. The summed E-state index contributed by atoms with van der Waals surface area (Å²) in [5, 5.41) is 0. The van der Waals surface area contributed by atoms with Gasteiger partial charge in [0.25, 0.3) is 0 Å². The van der Waals surface area contributed by atoms with Crippen molar-refractivity contribution in [1.82, 2.24) is 9.55 Å². The molecule has 0 fully saturated rings. The Morgan fingerprint density at radius 1 is 0.905 bits per heavy atom. The van der Waals surface area contributed by atoms with Crippen LogP contribution in [0.15, 0.2) is 60.7 Å². The van der Waals surface area contributed by atoms with Gasteiger partial charge in [0, 0.05) is 0 Å². The molecule has 0 aliphatic heterocycles. The molecule has 0 saturated carbocycles. The number of aromatic nitrogens is 2. The molecule has 0 saturated heterocycles. The van der Waals surface area contributed by atoms with Crippen LogP contribution in [-0.4, -0.2) is 25.1 Å². The maximum absolute atomic E-state index is 4.57. The number of nitrogens with zero attached hydrogens (tertiary/aromatic N) is 2. The molecule has 1 aromatic heterocycles. The van der Waals surface area contributed by atoms with Crippen LogP contribution in [0, 0.1) is 18.2 Å². The van der Waals surface area contributed by atoms with Crippen molar-refractivity contribution in [2.75, 3.05) is 0 Å². The van der Waals surface area contributed by atoms with Crippen LogP contribution in [0.4, 0.5) is 0 Å². The Morgan fingerprint density at radius 2 is 1.57 bits per heavy atom. The van der Waals surface area contributed by atoms with Gasteiger partial charge < -0.3 is 0 Å². The molecule has 3 heteroatoms. The van der Waals surface area contributed by atoms with E-state index in [1.807, 2.05) is 13.0 Å². The minimum atomic E-state index is 0.873. The van der Waals surface area contributed by atoms with Gasteiger partial charge in [-0.3, -0.25) is 0 Å². The van der Waals surface area contributed by atoms with Crippen LogP contribution < -0.4 is 0 Å². The molecule has 3 aromatic rings. The summed E-state index contributed by atoms with van der Waals surface area (Å²) in [5.41, 5.74) is 5.69. The SMILES string of the molecule is Cc1ccc(-n2c(-c3ccccc3)cc(C)nc2=[Se])cc1. The van der Waals surface area contributed by atoms with Gasteiger partial charge in [0.05, 0.1) is 0 Å². The molecule has 2 nitrogen and oxygen atoms in total. The van der Waals surface area contributed by atoms with Gasteiger partial charge in [-0.05, 0) is 0 Å². The molecule has 0 N–H and O–H groups in total. The molecule has 0 atom stereocenters. The van der Waals surface area contributed by atoms with Crippen LogP contribution in [0.3, 0.4) is 0 Å². The first kappa shape index (κ1) is 14.0. The zero-order chi connectivity index (χ0) is 14.8. The van der Waals surface area contributed by atoms with Gasteiger partial charge >= 0.3 is 132 Å². The van der Waals surface area contributed by atoms with E-state index in [0.717, 1.165) is 21.4 Å².